The van der Waals surface area contributed by atoms with E-state index in [2.05, 4.69) is 5.10 Å². The molecule has 0 atom stereocenters. The molecule has 1 heterocycles. The maximum Gasteiger partial charge on any atom is 0.325 e. The molecule has 172 valence electrons. The summed E-state index contributed by atoms with van der Waals surface area (Å²) in [5.41, 5.74) is 4.16. The van der Waals surface area contributed by atoms with Crippen molar-refractivity contribution in [3.8, 4) is 5.69 Å². The Morgan fingerprint density at radius 2 is 1.81 bits per heavy atom. The van der Waals surface area contributed by atoms with Crippen LogP contribution in [0.5, 0.6) is 0 Å². The summed E-state index contributed by atoms with van der Waals surface area (Å²) >= 11 is 0. The highest BCUT2D eigenvalue weighted by molar-refractivity contribution is 5.96. The minimum atomic E-state index is -0.389. The minimum absolute atomic E-state index is 0.0358. The van der Waals surface area contributed by atoms with E-state index in [9.17, 15) is 14.4 Å². The molecule has 0 aliphatic heterocycles. The van der Waals surface area contributed by atoms with Crippen LogP contribution in [0.25, 0.3) is 5.69 Å². The van der Waals surface area contributed by atoms with Crippen LogP contribution >= 0.6 is 0 Å². The van der Waals surface area contributed by atoms with Crippen LogP contribution in [0.2, 0.25) is 0 Å². The first-order valence-corrected chi connectivity index (χ1v) is 11.0. The summed E-state index contributed by atoms with van der Waals surface area (Å²) in [6.07, 6.45) is 3.03. The largest absolute Gasteiger partial charge is 0.469 e. The predicted molar refractivity (Wildman–Crippen MR) is 119 cm³/mol. The monoisotopic (exact) mass is 441 g/mol. The normalized spacial score (nSPS) is 13.0. The minimum Gasteiger partial charge on any atom is -0.469 e. The van der Waals surface area contributed by atoms with E-state index in [0.29, 0.717) is 37.5 Å². The van der Waals surface area contributed by atoms with Crippen LogP contribution in [-0.2, 0) is 25.5 Å². The quantitative estimate of drug-likeness (QED) is 0.527. The maximum absolute atomic E-state index is 13.1. The van der Waals surface area contributed by atoms with Gasteiger partial charge in [-0.05, 0) is 75.8 Å². The lowest BCUT2D eigenvalue weighted by Gasteiger charge is -2.22. The molecule has 0 radical (unpaired) electrons. The van der Waals surface area contributed by atoms with Crippen molar-refractivity contribution >= 4 is 17.8 Å². The van der Waals surface area contributed by atoms with Crippen molar-refractivity contribution in [2.45, 2.75) is 46.5 Å². The van der Waals surface area contributed by atoms with Crippen molar-refractivity contribution in [2.75, 3.05) is 26.8 Å². The highest BCUT2D eigenvalue weighted by atomic mass is 16.5. The Morgan fingerprint density at radius 3 is 2.41 bits per heavy atom. The van der Waals surface area contributed by atoms with Gasteiger partial charge in [0.15, 0.2) is 0 Å². The third-order valence-corrected chi connectivity index (χ3v) is 5.69. The molecule has 0 bridgehead atoms. The number of rotatable bonds is 10. The lowest BCUT2D eigenvalue weighted by atomic mass is 10.1. The van der Waals surface area contributed by atoms with E-state index in [1.165, 1.54) is 7.11 Å². The molecular weight excluding hydrogens is 410 g/mol. The van der Waals surface area contributed by atoms with Crippen molar-refractivity contribution in [1.29, 1.82) is 0 Å². The molecule has 1 amide bonds. The number of ether oxygens (including phenoxy) is 2. The first-order valence-electron chi connectivity index (χ1n) is 11.0. The second-order valence-electron chi connectivity index (χ2n) is 8.12. The van der Waals surface area contributed by atoms with Gasteiger partial charge in [-0.1, -0.05) is 0 Å². The van der Waals surface area contributed by atoms with Gasteiger partial charge in [0.2, 0.25) is 0 Å². The number of carbonyl (C=O) groups excluding carboxylic acids is 3. The molecular formula is C24H31N3O5. The number of carbonyl (C=O) groups is 3. The van der Waals surface area contributed by atoms with Gasteiger partial charge < -0.3 is 14.4 Å². The van der Waals surface area contributed by atoms with Crippen molar-refractivity contribution in [3.63, 3.8) is 0 Å². The highest BCUT2D eigenvalue weighted by Crippen LogP contribution is 2.30. The second kappa shape index (κ2) is 10.4. The molecule has 0 saturated heterocycles. The zero-order valence-corrected chi connectivity index (χ0v) is 19.2. The van der Waals surface area contributed by atoms with E-state index >= 15 is 0 Å². The summed E-state index contributed by atoms with van der Waals surface area (Å²) in [6, 6.07) is 7.20. The number of aryl methyl sites for hydroxylation is 1. The Kier molecular flexibility index (Phi) is 7.66. The molecule has 1 aromatic heterocycles. The molecule has 8 nitrogen and oxygen atoms in total. The zero-order chi connectivity index (χ0) is 23.3. The molecule has 1 fully saturated rings. The fourth-order valence-electron chi connectivity index (χ4n) is 3.74. The van der Waals surface area contributed by atoms with Crippen LogP contribution in [0.15, 0.2) is 24.3 Å². The maximum atomic E-state index is 13.1. The molecule has 0 unspecified atom stereocenters. The van der Waals surface area contributed by atoms with Crippen molar-refractivity contribution in [2.24, 2.45) is 5.92 Å². The van der Waals surface area contributed by atoms with Gasteiger partial charge in [-0.3, -0.25) is 14.4 Å². The predicted octanol–water partition coefficient (Wildman–Crippen LogP) is 3.01. The summed E-state index contributed by atoms with van der Waals surface area (Å²) in [7, 11) is 1.38. The van der Waals surface area contributed by atoms with Gasteiger partial charge >= 0.3 is 11.9 Å². The van der Waals surface area contributed by atoms with Gasteiger partial charge in [0, 0.05) is 24.2 Å². The average Bonchev–Trinajstić information content (AvgIpc) is 3.55. The third-order valence-electron chi connectivity index (χ3n) is 5.69. The fraction of sp³-hybridized carbons (Fsp3) is 0.500. The van der Waals surface area contributed by atoms with Crippen LogP contribution in [0.1, 0.15) is 53.5 Å². The molecule has 8 heteroatoms. The molecule has 0 N–H and O–H groups in total. The Morgan fingerprint density at radius 1 is 1.12 bits per heavy atom. The number of methoxy groups -OCH3 is 1. The first-order chi connectivity index (χ1) is 15.3. The van der Waals surface area contributed by atoms with Crippen LogP contribution in [0.3, 0.4) is 0 Å². The molecule has 1 aliphatic rings. The third kappa shape index (κ3) is 5.75. The van der Waals surface area contributed by atoms with Crippen LogP contribution in [0.4, 0.5) is 0 Å². The molecule has 0 spiro atoms. The standard InChI is InChI=1S/C24H31N3O5/c1-5-32-23(29)15-26(14-18-6-7-18)24(30)19-8-10-20(11-9-19)27-17(3)21(16(2)25-27)12-13-22(28)31-4/h8-11,18H,5-7,12-15H2,1-4H3. The average molecular weight is 442 g/mol. The summed E-state index contributed by atoms with van der Waals surface area (Å²) in [6.45, 7) is 6.46. The van der Waals surface area contributed by atoms with Crippen molar-refractivity contribution in [1.82, 2.24) is 14.7 Å². The number of aromatic nitrogens is 2. The molecule has 1 aliphatic carbocycles. The van der Waals surface area contributed by atoms with Gasteiger partial charge in [-0.15, -0.1) is 0 Å². The second-order valence-corrected chi connectivity index (χ2v) is 8.12. The highest BCUT2D eigenvalue weighted by Gasteiger charge is 2.29. The number of esters is 2. The number of benzene rings is 1. The van der Waals surface area contributed by atoms with Gasteiger partial charge in [0.25, 0.3) is 5.91 Å². The Balaban J connectivity index is 1.75. The van der Waals surface area contributed by atoms with Gasteiger partial charge in [0.05, 0.1) is 25.1 Å². The van der Waals surface area contributed by atoms with E-state index in [-0.39, 0.29) is 24.4 Å². The van der Waals surface area contributed by atoms with Gasteiger partial charge in [-0.2, -0.15) is 5.10 Å². The topological polar surface area (TPSA) is 90.7 Å². The number of amides is 1. The summed E-state index contributed by atoms with van der Waals surface area (Å²) < 4.78 is 11.6. The Bertz CT molecular complexity index is 976. The molecule has 32 heavy (non-hydrogen) atoms. The van der Waals surface area contributed by atoms with Gasteiger partial charge in [0.1, 0.15) is 6.54 Å². The van der Waals surface area contributed by atoms with Crippen LogP contribution in [-0.4, -0.2) is 59.3 Å². The number of hydrogen-bond donors (Lipinski definition) is 0. The van der Waals surface area contributed by atoms with Crippen LogP contribution in [0, 0.1) is 19.8 Å². The van der Waals surface area contributed by atoms with E-state index in [1.807, 2.05) is 30.7 Å². The van der Waals surface area contributed by atoms with E-state index in [0.717, 1.165) is 35.5 Å². The van der Waals surface area contributed by atoms with Crippen LogP contribution < -0.4 is 0 Å². The summed E-state index contributed by atoms with van der Waals surface area (Å²) in [4.78, 5) is 38.1. The van der Waals surface area contributed by atoms with Gasteiger partial charge in [-0.25, -0.2) is 4.68 Å². The van der Waals surface area contributed by atoms with Crippen molar-refractivity contribution < 1.29 is 23.9 Å². The fourth-order valence-corrected chi connectivity index (χ4v) is 3.74. The summed E-state index contributed by atoms with van der Waals surface area (Å²) in [5.74, 6) is -0.354. The lowest BCUT2D eigenvalue weighted by molar-refractivity contribution is -0.144. The Hall–Kier alpha value is -3.16. The summed E-state index contributed by atoms with van der Waals surface area (Å²) in [5, 5.41) is 4.61. The molecule has 1 aromatic carbocycles. The van der Waals surface area contributed by atoms with E-state index < -0.39 is 0 Å². The lowest BCUT2D eigenvalue weighted by Crippen LogP contribution is -2.38. The Labute approximate surface area is 188 Å². The molecule has 1 saturated carbocycles. The van der Waals surface area contributed by atoms with E-state index in [1.54, 1.807) is 24.0 Å². The van der Waals surface area contributed by atoms with E-state index in [4.69, 9.17) is 9.47 Å². The molecule has 2 aromatic rings. The smallest absolute Gasteiger partial charge is 0.325 e. The number of hydrogen-bond acceptors (Lipinski definition) is 6. The molecule has 3 rings (SSSR count). The SMILES string of the molecule is CCOC(=O)CN(CC1CC1)C(=O)c1ccc(-n2nc(C)c(CCC(=O)OC)c2C)cc1. The zero-order valence-electron chi connectivity index (χ0n) is 19.2. The van der Waals surface area contributed by atoms with Crippen molar-refractivity contribution in [3.05, 3.63) is 46.8 Å². The number of nitrogens with zero attached hydrogens (tertiary/aromatic N) is 3. The first kappa shape index (κ1) is 23.5.